The summed E-state index contributed by atoms with van der Waals surface area (Å²) in [4.78, 5) is 2.46. The van der Waals surface area contributed by atoms with E-state index in [-0.39, 0.29) is 0 Å². The highest BCUT2D eigenvalue weighted by molar-refractivity contribution is 4.85. The van der Waals surface area contributed by atoms with Gasteiger partial charge in [-0.1, -0.05) is 34.6 Å². The van der Waals surface area contributed by atoms with Crippen LogP contribution in [0.15, 0.2) is 0 Å². The molecule has 1 fully saturated rings. The molecule has 2 heteroatoms. The van der Waals surface area contributed by atoms with E-state index in [1.807, 2.05) is 0 Å². The molecule has 0 aromatic carbocycles. The molecule has 1 aliphatic rings. The summed E-state index contributed by atoms with van der Waals surface area (Å²) in [6.45, 7) is 15.5. The van der Waals surface area contributed by atoms with Crippen molar-refractivity contribution in [2.24, 2.45) is 17.3 Å². The molecule has 1 N–H and O–H groups in total. The van der Waals surface area contributed by atoms with E-state index >= 15 is 0 Å². The number of hydrogen-bond donors (Lipinski definition) is 1. The maximum Gasteiger partial charge on any atom is 0.00721 e. The van der Waals surface area contributed by atoms with E-state index in [2.05, 4.69) is 51.9 Å². The van der Waals surface area contributed by atoms with Crippen molar-refractivity contribution in [1.82, 2.24) is 10.2 Å². The smallest absolute Gasteiger partial charge is 0.00721 e. The number of piperidine rings is 1. The van der Waals surface area contributed by atoms with E-state index < -0.39 is 0 Å². The van der Waals surface area contributed by atoms with E-state index in [0.717, 1.165) is 11.8 Å². The maximum atomic E-state index is 3.89. The van der Waals surface area contributed by atoms with Gasteiger partial charge in [-0.2, -0.15) is 0 Å². The molecular formula is C17H36N2. The minimum absolute atomic E-state index is 0.513. The van der Waals surface area contributed by atoms with Crippen molar-refractivity contribution in [2.75, 3.05) is 26.7 Å². The van der Waals surface area contributed by atoms with Gasteiger partial charge in [0.2, 0.25) is 0 Å². The van der Waals surface area contributed by atoms with Crippen molar-refractivity contribution in [3.05, 3.63) is 0 Å². The second kappa shape index (κ2) is 7.64. The molecular weight excluding hydrogens is 232 g/mol. The molecule has 0 bridgehead atoms. The molecule has 1 heterocycles. The number of likely N-dealkylation sites (tertiary alicyclic amines) is 1. The van der Waals surface area contributed by atoms with E-state index in [4.69, 9.17) is 0 Å². The van der Waals surface area contributed by atoms with Crippen molar-refractivity contribution in [3.63, 3.8) is 0 Å². The standard InChI is InChI=1S/C17H36N2/c1-14(2)11-16(12-15(3)4)18-13-17(5)7-9-19(6)10-8-17/h14-16,18H,7-13H2,1-6H3. The minimum Gasteiger partial charge on any atom is -0.313 e. The summed E-state index contributed by atoms with van der Waals surface area (Å²) in [5.74, 6) is 1.59. The summed E-state index contributed by atoms with van der Waals surface area (Å²) < 4.78 is 0. The summed E-state index contributed by atoms with van der Waals surface area (Å²) in [6.07, 6.45) is 5.31. The molecule has 2 nitrogen and oxygen atoms in total. The van der Waals surface area contributed by atoms with Gasteiger partial charge in [-0.05, 0) is 63.1 Å². The lowest BCUT2D eigenvalue weighted by atomic mass is 9.80. The highest BCUT2D eigenvalue weighted by Crippen LogP contribution is 2.30. The molecule has 1 saturated heterocycles. The van der Waals surface area contributed by atoms with Gasteiger partial charge in [-0.3, -0.25) is 0 Å². The first-order valence-electron chi connectivity index (χ1n) is 8.22. The van der Waals surface area contributed by atoms with Gasteiger partial charge in [-0.15, -0.1) is 0 Å². The van der Waals surface area contributed by atoms with Crippen LogP contribution in [0.25, 0.3) is 0 Å². The Bertz CT molecular complexity index is 230. The molecule has 0 amide bonds. The fraction of sp³-hybridized carbons (Fsp3) is 1.00. The Labute approximate surface area is 121 Å². The molecule has 0 spiro atoms. The topological polar surface area (TPSA) is 15.3 Å². The molecule has 0 aromatic rings. The average molecular weight is 268 g/mol. The third-order valence-corrected chi connectivity index (χ3v) is 4.52. The van der Waals surface area contributed by atoms with Gasteiger partial charge in [0.25, 0.3) is 0 Å². The van der Waals surface area contributed by atoms with Gasteiger partial charge in [0.05, 0.1) is 0 Å². The van der Waals surface area contributed by atoms with Crippen LogP contribution in [0.3, 0.4) is 0 Å². The van der Waals surface area contributed by atoms with Crippen LogP contribution in [0.1, 0.15) is 60.3 Å². The number of hydrogen-bond acceptors (Lipinski definition) is 2. The molecule has 0 atom stereocenters. The number of nitrogens with one attached hydrogen (secondary N) is 1. The van der Waals surface area contributed by atoms with Gasteiger partial charge in [0.15, 0.2) is 0 Å². The fourth-order valence-corrected chi connectivity index (χ4v) is 3.13. The van der Waals surface area contributed by atoms with E-state index in [1.54, 1.807) is 0 Å². The van der Waals surface area contributed by atoms with E-state index in [9.17, 15) is 0 Å². The van der Waals surface area contributed by atoms with Crippen molar-refractivity contribution < 1.29 is 0 Å². The van der Waals surface area contributed by atoms with E-state index in [1.165, 1.54) is 45.3 Å². The maximum absolute atomic E-state index is 3.89. The summed E-state index contributed by atoms with van der Waals surface area (Å²) in [5.41, 5.74) is 0.513. The third-order valence-electron chi connectivity index (χ3n) is 4.52. The molecule has 19 heavy (non-hydrogen) atoms. The van der Waals surface area contributed by atoms with Crippen molar-refractivity contribution in [3.8, 4) is 0 Å². The second-order valence-corrected chi connectivity index (χ2v) is 7.95. The zero-order valence-electron chi connectivity index (χ0n) is 14.1. The molecule has 0 aromatic heterocycles. The predicted octanol–water partition coefficient (Wildman–Crippen LogP) is 3.77. The predicted molar refractivity (Wildman–Crippen MR) is 85.5 cm³/mol. The highest BCUT2D eigenvalue weighted by atomic mass is 15.1. The SMILES string of the molecule is CC(C)CC(CC(C)C)NCC1(C)CCN(C)CC1. The monoisotopic (exact) mass is 268 g/mol. The van der Waals surface area contributed by atoms with Crippen LogP contribution in [0.5, 0.6) is 0 Å². The third kappa shape index (κ3) is 6.76. The highest BCUT2D eigenvalue weighted by Gasteiger charge is 2.29. The molecule has 114 valence electrons. The van der Waals surface area contributed by atoms with E-state index in [0.29, 0.717) is 11.5 Å². The van der Waals surface area contributed by atoms with Crippen LogP contribution in [0.4, 0.5) is 0 Å². The molecule has 1 aliphatic heterocycles. The summed E-state index contributed by atoms with van der Waals surface area (Å²) in [5, 5.41) is 3.89. The first kappa shape index (κ1) is 17.0. The molecule has 0 unspecified atom stereocenters. The lowest BCUT2D eigenvalue weighted by molar-refractivity contribution is 0.130. The minimum atomic E-state index is 0.513. The van der Waals surface area contributed by atoms with Crippen LogP contribution in [-0.4, -0.2) is 37.6 Å². The lowest BCUT2D eigenvalue weighted by Gasteiger charge is -2.39. The van der Waals surface area contributed by atoms with Crippen LogP contribution < -0.4 is 5.32 Å². The lowest BCUT2D eigenvalue weighted by Crippen LogP contribution is -2.45. The van der Waals surface area contributed by atoms with Gasteiger partial charge >= 0.3 is 0 Å². The normalized spacial score (nSPS) is 20.7. The Morgan fingerprint density at radius 3 is 1.89 bits per heavy atom. The largest absolute Gasteiger partial charge is 0.313 e. The number of nitrogens with zero attached hydrogens (tertiary/aromatic N) is 1. The van der Waals surface area contributed by atoms with Crippen LogP contribution in [-0.2, 0) is 0 Å². The Morgan fingerprint density at radius 2 is 1.47 bits per heavy atom. The molecule has 0 radical (unpaired) electrons. The van der Waals surface area contributed by atoms with Crippen molar-refractivity contribution >= 4 is 0 Å². The summed E-state index contributed by atoms with van der Waals surface area (Å²) in [7, 11) is 2.24. The number of rotatable bonds is 7. The van der Waals surface area contributed by atoms with Gasteiger partial charge in [-0.25, -0.2) is 0 Å². The van der Waals surface area contributed by atoms with Gasteiger partial charge < -0.3 is 10.2 Å². The van der Waals surface area contributed by atoms with Crippen molar-refractivity contribution in [2.45, 2.75) is 66.3 Å². The quantitative estimate of drug-likeness (QED) is 0.756. The second-order valence-electron chi connectivity index (χ2n) is 7.95. The molecule has 0 saturated carbocycles. The Balaban J connectivity index is 2.41. The first-order chi connectivity index (χ1) is 8.81. The fourth-order valence-electron chi connectivity index (χ4n) is 3.13. The zero-order chi connectivity index (χ0) is 14.5. The molecule has 1 rings (SSSR count). The summed E-state index contributed by atoms with van der Waals surface area (Å²) in [6, 6.07) is 0.705. The van der Waals surface area contributed by atoms with Gasteiger partial charge in [0.1, 0.15) is 0 Å². The Kier molecular flexibility index (Phi) is 6.82. The van der Waals surface area contributed by atoms with Crippen molar-refractivity contribution in [1.29, 1.82) is 0 Å². The zero-order valence-corrected chi connectivity index (χ0v) is 14.1. The van der Waals surface area contributed by atoms with Crippen LogP contribution in [0.2, 0.25) is 0 Å². The average Bonchev–Trinajstić information content (AvgIpc) is 2.29. The Morgan fingerprint density at radius 1 is 1.00 bits per heavy atom. The molecule has 0 aliphatic carbocycles. The Hall–Kier alpha value is -0.0800. The van der Waals surface area contributed by atoms with Gasteiger partial charge in [0, 0.05) is 12.6 Å². The van der Waals surface area contributed by atoms with Crippen LogP contribution >= 0.6 is 0 Å². The summed E-state index contributed by atoms with van der Waals surface area (Å²) >= 11 is 0. The first-order valence-corrected chi connectivity index (χ1v) is 8.22. The van der Waals surface area contributed by atoms with Crippen LogP contribution in [0, 0.1) is 17.3 Å².